The third-order valence-corrected chi connectivity index (χ3v) is 5.19. The zero-order valence-corrected chi connectivity index (χ0v) is 14.3. The minimum atomic E-state index is -0.335. The Balaban J connectivity index is 1.42. The van der Waals surface area contributed by atoms with E-state index in [1.807, 2.05) is 12.1 Å². The summed E-state index contributed by atoms with van der Waals surface area (Å²) in [7, 11) is 0. The van der Waals surface area contributed by atoms with Crippen LogP contribution in [0.5, 0.6) is 0 Å². The average molecular weight is 353 g/mol. The molecule has 1 aliphatic carbocycles. The first-order chi connectivity index (χ1) is 12.8. The molecule has 0 amide bonds. The largest absolute Gasteiger partial charge is 0.378 e. The predicted molar refractivity (Wildman–Crippen MR) is 95.3 cm³/mol. The monoisotopic (exact) mass is 353 g/mol. The number of halogens is 1. The van der Waals surface area contributed by atoms with Crippen LogP contribution in [0.1, 0.15) is 25.7 Å². The van der Waals surface area contributed by atoms with Gasteiger partial charge in [-0.05, 0) is 55.9 Å². The van der Waals surface area contributed by atoms with Gasteiger partial charge in [-0.2, -0.15) is 4.52 Å². The second kappa shape index (κ2) is 6.32. The molecule has 0 radical (unpaired) electrons. The SMILES string of the molecule is Fc1ccccc1-c1nnc2ccc(NC3CCOC(C4CC4)C3)nn12. The van der Waals surface area contributed by atoms with E-state index in [4.69, 9.17) is 4.74 Å². The normalized spacial score (nSPS) is 23.3. The first-order valence-corrected chi connectivity index (χ1v) is 9.13. The second-order valence-electron chi connectivity index (χ2n) is 7.10. The Morgan fingerprint density at radius 3 is 2.81 bits per heavy atom. The minimum Gasteiger partial charge on any atom is -0.378 e. The molecule has 1 saturated heterocycles. The number of rotatable bonds is 4. The summed E-state index contributed by atoms with van der Waals surface area (Å²) >= 11 is 0. The average Bonchev–Trinajstić information content (AvgIpc) is 3.43. The molecule has 1 saturated carbocycles. The van der Waals surface area contributed by atoms with Crippen LogP contribution in [0.3, 0.4) is 0 Å². The second-order valence-corrected chi connectivity index (χ2v) is 7.10. The third-order valence-electron chi connectivity index (χ3n) is 5.19. The fraction of sp³-hybridized carbons (Fsp3) is 0.421. The molecule has 5 rings (SSSR count). The summed E-state index contributed by atoms with van der Waals surface area (Å²) in [5.74, 6) is 1.56. The first-order valence-electron chi connectivity index (χ1n) is 9.13. The fourth-order valence-corrected chi connectivity index (χ4v) is 3.64. The van der Waals surface area contributed by atoms with Crippen molar-refractivity contribution in [2.75, 3.05) is 11.9 Å². The Hall–Kier alpha value is -2.54. The van der Waals surface area contributed by atoms with E-state index in [1.54, 1.807) is 22.7 Å². The smallest absolute Gasteiger partial charge is 0.188 e. The van der Waals surface area contributed by atoms with Gasteiger partial charge in [0.1, 0.15) is 11.6 Å². The quantitative estimate of drug-likeness (QED) is 0.780. The lowest BCUT2D eigenvalue weighted by molar-refractivity contribution is -0.00224. The summed E-state index contributed by atoms with van der Waals surface area (Å²) < 4.78 is 21.6. The molecular formula is C19H20FN5O. The van der Waals surface area contributed by atoms with Gasteiger partial charge in [0, 0.05) is 12.6 Å². The van der Waals surface area contributed by atoms with Gasteiger partial charge in [0.05, 0.1) is 11.7 Å². The van der Waals surface area contributed by atoms with Crippen LogP contribution in [-0.2, 0) is 4.74 Å². The number of benzene rings is 1. The van der Waals surface area contributed by atoms with Crippen LogP contribution >= 0.6 is 0 Å². The van der Waals surface area contributed by atoms with Gasteiger partial charge in [0.2, 0.25) is 0 Å². The summed E-state index contributed by atoms with van der Waals surface area (Å²) in [6, 6.07) is 10.6. The number of hydrogen-bond donors (Lipinski definition) is 1. The van der Waals surface area contributed by atoms with Crippen LogP contribution in [0.25, 0.3) is 17.0 Å². The van der Waals surface area contributed by atoms with Crippen molar-refractivity contribution in [2.24, 2.45) is 5.92 Å². The van der Waals surface area contributed by atoms with Crippen molar-refractivity contribution in [1.29, 1.82) is 0 Å². The molecule has 2 unspecified atom stereocenters. The van der Waals surface area contributed by atoms with Crippen molar-refractivity contribution >= 4 is 11.5 Å². The number of ether oxygens (including phenoxy) is 1. The number of nitrogens with one attached hydrogen (secondary N) is 1. The van der Waals surface area contributed by atoms with E-state index in [2.05, 4.69) is 20.6 Å². The maximum atomic E-state index is 14.1. The van der Waals surface area contributed by atoms with Crippen LogP contribution in [0.4, 0.5) is 10.2 Å². The summed E-state index contributed by atoms with van der Waals surface area (Å²) in [4.78, 5) is 0. The highest BCUT2D eigenvalue weighted by molar-refractivity contribution is 5.60. The molecule has 3 aromatic rings. The van der Waals surface area contributed by atoms with Crippen molar-refractivity contribution in [3.63, 3.8) is 0 Å². The molecule has 2 atom stereocenters. The number of hydrogen-bond acceptors (Lipinski definition) is 5. The van der Waals surface area contributed by atoms with Crippen LogP contribution in [0.15, 0.2) is 36.4 Å². The Bertz CT molecular complexity index is 939. The van der Waals surface area contributed by atoms with Gasteiger partial charge < -0.3 is 10.1 Å². The van der Waals surface area contributed by atoms with E-state index in [0.717, 1.165) is 31.2 Å². The maximum Gasteiger partial charge on any atom is 0.188 e. The third kappa shape index (κ3) is 2.92. The fourth-order valence-electron chi connectivity index (χ4n) is 3.64. The number of aromatic nitrogens is 4. The van der Waals surface area contributed by atoms with Crippen molar-refractivity contribution in [3.05, 3.63) is 42.2 Å². The minimum absolute atomic E-state index is 0.335. The van der Waals surface area contributed by atoms with Crippen LogP contribution in [0.2, 0.25) is 0 Å². The molecule has 0 bridgehead atoms. The Morgan fingerprint density at radius 2 is 1.96 bits per heavy atom. The van der Waals surface area contributed by atoms with Crippen molar-refractivity contribution in [2.45, 2.75) is 37.8 Å². The number of nitrogens with zero attached hydrogens (tertiary/aromatic N) is 4. The molecule has 1 N–H and O–H groups in total. The van der Waals surface area contributed by atoms with Crippen LogP contribution < -0.4 is 5.32 Å². The van der Waals surface area contributed by atoms with Gasteiger partial charge in [-0.1, -0.05) is 12.1 Å². The molecule has 2 fully saturated rings. The molecule has 6 nitrogen and oxygen atoms in total. The lowest BCUT2D eigenvalue weighted by Crippen LogP contribution is -2.35. The van der Waals surface area contributed by atoms with Crippen molar-refractivity contribution in [1.82, 2.24) is 19.8 Å². The van der Waals surface area contributed by atoms with E-state index in [0.29, 0.717) is 29.2 Å². The molecule has 2 aliphatic rings. The Kier molecular flexibility index (Phi) is 3.81. The van der Waals surface area contributed by atoms with E-state index in [9.17, 15) is 4.39 Å². The number of fused-ring (bicyclic) bond motifs is 1. The highest BCUT2D eigenvalue weighted by atomic mass is 19.1. The molecule has 1 aromatic carbocycles. The molecule has 2 aromatic heterocycles. The highest BCUT2D eigenvalue weighted by Crippen LogP contribution is 2.38. The van der Waals surface area contributed by atoms with Crippen LogP contribution in [0, 0.1) is 11.7 Å². The van der Waals surface area contributed by atoms with Gasteiger partial charge in [-0.15, -0.1) is 15.3 Å². The topological polar surface area (TPSA) is 64.3 Å². The van der Waals surface area contributed by atoms with Crippen molar-refractivity contribution < 1.29 is 9.13 Å². The van der Waals surface area contributed by atoms with E-state index in [-0.39, 0.29) is 5.82 Å². The van der Waals surface area contributed by atoms with Gasteiger partial charge >= 0.3 is 0 Å². The molecule has 26 heavy (non-hydrogen) atoms. The van der Waals surface area contributed by atoms with Gasteiger partial charge in [-0.3, -0.25) is 0 Å². The molecule has 7 heteroatoms. The highest BCUT2D eigenvalue weighted by Gasteiger charge is 2.35. The summed E-state index contributed by atoms with van der Waals surface area (Å²) in [6.45, 7) is 0.786. The summed E-state index contributed by atoms with van der Waals surface area (Å²) in [6.07, 6.45) is 4.91. The lowest BCUT2D eigenvalue weighted by Gasteiger charge is -2.30. The number of anilines is 1. The maximum absolute atomic E-state index is 14.1. The van der Waals surface area contributed by atoms with Gasteiger partial charge in [0.25, 0.3) is 0 Å². The van der Waals surface area contributed by atoms with E-state index < -0.39 is 0 Å². The molecule has 134 valence electrons. The predicted octanol–water partition coefficient (Wildman–Crippen LogP) is 3.30. The molecular weight excluding hydrogens is 333 g/mol. The standard InChI is InChI=1S/C19H20FN5O/c20-15-4-2-1-3-14(15)19-23-22-18-8-7-17(24-25(18)19)21-13-9-10-26-16(11-13)12-5-6-12/h1-4,7-8,12-13,16H,5-6,9-11H2,(H,21,24). The summed E-state index contributed by atoms with van der Waals surface area (Å²) in [5.41, 5.74) is 0.987. The zero-order chi connectivity index (χ0) is 17.5. The van der Waals surface area contributed by atoms with Gasteiger partial charge in [-0.25, -0.2) is 4.39 Å². The van der Waals surface area contributed by atoms with Crippen molar-refractivity contribution in [3.8, 4) is 11.4 Å². The molecule has 3 heterocycles. The zero-order valence-electron chi connectivity index (χ0n) is 14.3. The molecule has 1 aliphatic heterocycles. The first kappa shape index (κ1) is 15.7. The van der Waals surface area contributed by atoms with E-state index in [1.165, 1.54) is 18.9 Å². The lowest BCUT2D eigenvalue weighted by atomic mass is 10.00. The Morgan fingerprint density at radius 1 is 1.08 bits per heavy atom. The van der Waals surface area contributed by atoms with Gasteiger partial charge in [0.15, 0.2) is 11.5 Å². The molecule has 0 spiro atoms. The van der Waals surface area contributed by atoms with Crippen LogP contribution in [-0.4, -0.2) is 38.6 Å². The summed E-state index contributed by atoms with van der Waals surface area (Å²) in [5, 5.41) is 16.3. The Labute approximate surface area is 150 Å². The van der Waals surface area contributed by atoms with E-state index >= 15 is 0 Å².